The highest BCUT2D eigenvalue weighted by atomic mass is 32.2. The molecular weight excluding hydrogens is 1950 g/mol. The SMILES string of the molecule is CCCCCCCCCCCCCCCCCC(=O)OC[C@H](COP(C)(=O)OCCNC(=O)COCCNC(=O)CCN1C(=O)CC(C)C1=O)OC(=O)CCCCCCCCCCCCCCCCC.CSCC(=O)N[C@@H](CSOOO)C(=O)N[C@@H](CSOOO)C(=O)NCCNC(=O)CCCOc1cc(C)c(S(=O)(=O)N[C@@H](CNC(=O)c2cn(C)c3cc(CNc4ncc[nH]4)ccc3c2=O)C(=O)O)c(C)c1. The molecule has 0 radical (unpaired) electrons. The molecule has 2 aromatic heterocycles. The van der Waals surface area contributed by atoms with Gasteiger partial charge < -0.3 is 85.2 Å². The van der Waals surface area contributed by atoms with Gasteiger partial charge in [-0.25, -0.2) is 23.9 Å². The van der Waals surface area contributed by atoms with Crippen molar-refractivity contribution in [2.45, 2.75) is 301 Å². The summed E-state index contributed by atoms with van der Waals surface area (Å²) in [5.74, 6) is -7.08. The second kappa shape index (κ2) is 74.9. The summed E-state index contributed by atoms with van der Waals surface area (Å²) in [7, 11) is -6.52. The van der Waals surface area contributed by atoms with Gasteiger partial charge in [0.05, 0.1) is 54.1 Å². The predicted molar refractivity (Wildman–Crippen MR) is 540 cm³/mol. The van der Waals surface area contributed by atoms with Gasteiger partial charge in [0.25, 0.3) is 5.91 Å². The van der Waals surface area contributed by atoms with Crippen molar-refractivity contribution in [3.8, 4) is 5.75 Å². The highest BCUT2D eigenvalue weighted by Gasteiger charge is 2.36. The molecule has 0 bridgehead atoms. The van der Waals surface area contributed by atoms with E-state index in [2.05, 4.69) is 89.8 Å². The number of hydrogen-bond donors (Lipinski definition) is 13. The van der Waals surface area contributed by atoms with Gasteiger partial charge in [0.15, 0.2) is 12.1 Å². The van der Waals surface area contributed by atoms with Gasteiger partial charge in [0, 0.05) is 146 Å². The largest absolute Gasteiger partial charge is 0.494 e. The summed E-state index contributed by atoms with van der Waals surface area (Å²) < 4.78 is 86.0. The third-order valence-electron chi connectivity index (χ3n) is 22.7. The first-order valence-corrected chi connectivity index (χ1v) is 56.1. The first kappa shape index (κ1) is 125. The van der Waals surface area contributed by atoms with E-state index in [1.807, 2.05) is 0 Å². The van der Waals surface area contributed by atoms with Crippen LogP contribution in [0.4, 0.5) is 5.95 Å². The monoisotopic (exact) mass is 2100 g/mol. The van der Waals surface area contributed by atoms with Gasteiger partial charge in [-0.15, -0.1) is 8.67 Å². The molecule has 802 valence electrons. The first-order chi connectivity index (χ1) is 68.3. The second-order valence-corrected chi connectivity index (χ2v) is 40.9. The first-order valence-electron chi connectivity index (χ1n) is 49.4. The smallest absolute Gasteiger partial charge is 0.327 e. The maximum atomic E-state index is 13.6. The Kier molecular flexibility index (Phi) is 66.2. The number of unbranched alkanes of at least 4 members (excludes halogenated alkanes) is 28. The maximum Gasteiger partial charge on any atom is 0.327 e. The minimum atomic E-state index is -4.51. The molecule has 2 aromatic carbocycles. The number of likely N-dealkylation sites (tertiary alicyclic amines) is 1. The van der Waals surface area contributed by atoms with Crippen molar-refractivity contribution in [2.75, 3.05) is 114 Å². The number of aromatic nitrogens is 3. The fourth-order valence-electron chi connectivity index (χ4n) is 15.2. The van der Waals surface area contributed by atoms with Crippen LogP contribution in [0.25, 0.3) is 10.9 Å². The Hall–Kier alpha value is -8.87. The summed E-state index contributed by atoms with van der Waals surface area (Å²) >= 11 is 2.17. The van der Waals surface area contributed by atoms with Crippen molar-refractivity contribution in [1.29, 1.82) is 0 Å². The number of esters is 2. The number of carboxylic acid groups (broad SMARTS) is 1. The highest BCUT2D eigenvalue weighted by Crippen LogP contribution is 2.44. The Bertz CT molecular complexity index is 4640. The molecule has 5 rings (SSSR count). The minimum Gasteiger partial charge on any atom is -0.494 e. The number of carbonyl (C=O) groups is 12. The number of fused-ring (bicyclic) bond motifs is 1. The number of rotatable bonds is 82. The number of aromatic amines is 1. The van der Waals surface area contributed by atoms with Gasteiger partial charge in [-0.05, 0) is 80.3 Å². The third-order valence-corrected chi connectivity index (χ3v) is 27.6. The molecule has 142 heavy (non-hydrogen) atoms. The average molecular weight is 2100 g/mol. The number of H-pyrrole nitrogens is 1. The van der Waals surface area contributed by atoms with E-state index in [1.54, 1.807) is 55.4 Å². The van der Waals surface area contributed by atoms with Crippen molar-refractivity contribution in [1.82, 2.24) is 61.4 Å². The number of anilines is 1. The molecular formula is C95H154N13O29PS4. The minimum absolute atomic E-state index is 0.00217. The van der Waals surface area contributed by atoms with E-state index >= 15 is 0 Å². The molecule has 2 unspecified atom stereocenters. The average Bonchev–Trinajstić information content (AvgIpc) is 0.813. The Morgan fingerprint density at radius 1 is 0.606 bits per heavy atom. The number of sulfonamides is 1. The van der Waals surface area contributed by atoms with Gasteiger partial charge in [-0.2, -0.15) is 16.5 Å². The highest BCUT2D eigenvalue weighted by molar-refractivity contribution is 7.99. The fourth-order valence-corrected chi connectivity index (χ4v) is 19.0. The number of hydrogen-bond acceptors (Lipinski definition) is 33. The number of carboxylic acids is 1. The molecule has 6 atom stereocenters. The number of imide groups is 1. The Labute approximate surface area is 846 Å². The maximum absolute atomic E-state index is 13.6. The zero-order chi connectivity index (χ0) is 104. The molecule has 0 aliphatic carbocycles. The fraction of sp³-hybridized carbons (Fsp3) is 0.684. The molecule has 1 aliphatic rings. The molecule has 1 aliphatic heterocycles. The number of ether oxygens (including phenoxy) is 4. The van der Waals surface area contributed by atoms with Crippen molar-refractivity contribution in [3.05, 3.63) is 81.4 Å². The summed E-state index contributed by atoms with van der Waals surface area (Å²) in [5.41, 5.74) is 0.897. The van der Waals surface area contributed by atoms with Crippen LogP contribution in [0.1, 0.15) is 279 Å². The van der Waals surface area contributed by atoms with Gasteiger partial charge >= 0.3 is 25.5 Å². The molecule has 1 fully saturated rings. The van der Waals surface area contributed by atoms with Gasteiger partial charge in [-0.3, -0.25) is 71.8 Å². The second-order valence-electron chi connectivity index (χ2n) is 34.9. The van der Waals surface area contributed by atoms with Crippen LogP contribution < -0.4 is 57.4 Å². The van der Waals surface area contributed by atoms with E-state index in [0.29, 0.717) is 48.5 Å². The van der Waals surface area contributed by atoms with E-state index in [0.717, 1.165) is 49.0 Å². The van der Waals surface area contributed by atoms with E-state index in [1.165, 1.54) is 198 Å². The number of aliphatic carboxylic acids is 1. The number of nitrogens with one attached hydrogen (secondary N) is 10. The molecule has 3 heterocycles. The normalized spacial score (nSPS) is 13.8. The summed E-state index contributed by atoms with van der Waals surface area (Å²) in [4.78, 5) is 171. The van der Waals surface area contributed by atoms with Crippen LogP contribution in [0.2, 0.25) is 0 Å². The number of nitrogens with zero attached hydrogens (tertiary/aromatic N) is 3. The summed E-state index contributed by atoms with van der Waals surface area (Å²) in [6.45, 7) is 9.38. The zero-order valence-corrected chi connectivity index (χ0v) is 87.8. The van der Waals surface area contributed by atoms with Crippen LogP contribution in [0.5, 0.6) is 5.75 Å². The standard InChI is InChI=1S/C54H100N3O12P.C41H54N10O17S4/c1-5-7-9-11-13-15-17-19-21-23-25-27-29-31-33-35-52(61)66-44-48(69-53(62)36-34-32-30-28-26-24-22-20-18-16-14-12-10-8-6-2)45-68-70(4,64)67-42-39-56-50(59)46-65-41-38-55-49(58)37-40-57-51(60)43-47(3)54(57)63;1-23-14-26(64-13-5-6-33(52)42-9-10-43-38(56)30(20-70-67-65-60)49-39(57)31(21-71-68-66-61)48-34(53)22-69-4)15-24(2)36(23)72(62,63)50-29(40(58)59)18-46-37(55)28-19-51(3)32-16-25(7-8-27(32)35(28)54)17-47-41-44-11-12-45-41/h47-48H,5-46H2,1-4H3,(H,55,58)(H,56,59);7-8,11-12,14-16,19,29-31,50,60-61H,5-6,9-10,13,17-18,20-22H2,1-4H3,(H,42,52)(H,43,56)(H,46,55)(H,48,53)(H,49,57)(H,58,59)(H2,44,45,47)/t47?,48-,70?;29-,30-,31-/m10/s1. The predicted octanol–water partition coefficient (Wildman–Crippen LogP) is 12.4. The molecule has 9 amide bonds. The summed E-state index contributed by atoms with van der Waals surface area (Å²) in [6.07, 6.45) is 43.0. The number of aryl methyl sites for hydroxylation is 3. The van der Waals surface area contributed by atoms with Crippen LogP contribution >= 0.6 is 43.4 Å². The van der Waals surface area contributed by atoms with Crippen molar-refractivity contribution in [2.24, 2.45) is 13.0 Å². The third kappa shape index (κ3) is 54.9. The lowest BCUT2D eigenvalue weighted by Crippen LogP contribution is -2.56. The molecule has 42 nitrogen and oxygen atoms in total. The molecule has 1 saturated heterocycles. The summed E-state index contributed by atoms with van der Waals surface area (Å²) in [5, 5.41) is 54.9. The zero-order valence-electron chi connectivity index (χ0n) is 83.7. The number of carbonyl (C=O) groups excluding carboxylic acids is 11. The van der Waals surface area contributed by atoms with Crippen molar-refractivity contribution >= 4 is 141 Å². The van der Waals surface area contributed by atoms with Crippen LogP contribution in [-0.4, -0.2) is 248 Å². The number of pyridine rings is 1. The number of benzene rings is 2. The Balaban J connectivity index is 0.000000593. The lowest BCUT2D eigenvalue weighted by Gasteiger charge is -2.22. The number of imidazole rings is 1. The molecule has 13 N–H and O–H groups in total. The van der Waals surface area contributed by atoms with Crippen LogP contribution in [0.15, 0.2) is 58.6 Å². The quantitative estimate of drug-likeness (QED) is 0.00371. The van der Waals surface area contributed by atoms with E-state index in [9.17, 15) is 80.4 Å². The molecule has 0 saturated carbocycles. The van der Waals surface area contributed by atoms with Gasteiger partial charge in [0.2, 0.25) is 62.7 Å². The number of thioether (sulfide) groups is 1. The van der Waals surface area contributed by atoms with Crippen molar-refractivity contribution < 1.29 is 133 Å². The van der Waals surface area contributed by atoms with E-state index in [4.69, 9.17) is 38.5 Å². The van der Waals surface area contributed by atoms with Gasteiger partial charge in [0.1, 0.15) is 42.7 Å². The van der Waals surface area contributed by atoms with E-state index < -0.39 is 101 Å². The van der Waals surface area contributed by atoms with Crippen molar-refractivity contribution in [3.63, 3.8) is 0 Å². The van der Waals surface area contributed by atoms with Crippen LogP contribution in [0, 0.1) is 19.8 Å². The lowest BCUT2D eigenvalue weighted by atomic mass is 10.0. The molecule has 4 aromatic rings. The van der Waals surface area contributed by atoms with Gasteiger partial charge in [-0.1, -0.05) is 217 Å². The van der Waals surface area contributed by atoms with E-state index in [-0.39, 0.29) is 190 Å². The van der Waals surface area contributed by atoms with Crippen LogP contribution in [0.3, 0.4) is 0 Å². The number of amides is 9. The lowest BCUT2D eigenvalue weighted by molar-refractivity contribution is -0.432. The molecule has 47 heteroatoms. The Morgan fingerprint density at radius 3 is 1.68 bits per heavy atom. The topological polar surface area (TPSA) is 571 Å². The van der Waals surface area contributed by atoms with Crippen LogP contribution in [-0.2, 0) is 123 Å². The Morgan fingerprint density at radius 2 is 1.14 bits per heavy atom. The summed E-state index contributed by atoms with van der Waals surface area (Å²) in [6, 6.07) is 3.57. The molecule has 0 spiro atoms.